The highest BCUT2D eigenvalue weighted by atomic mass is 32.1. The predicted molar refractivity (Wildman–Crippen MR) is 131 cm³/mol. The molecule has 4 rings (SSSR count). The Bertz CT molecular complexity index is 1120. The number of hydrogen-bond acceptors (Lipinski definition) is 7. The number of nitrogens with zero attached hydrogens (tertiary/aromatic N) is 3. The molecule has 0 spiro atoms. The van der Waals surface area contributed by atoms with Crippen molar-refractivity contribution in [3.63, 3.8) is 0 Å². The molecule has 7 nitrogen and oxygen atoms in total. The molecule has 3 aromatic rings. The number of aliphatic hydroxyl groups excluding tert-OH is 1. The number of aryl methyl sites for hydroxylation is 1. The van der Waals surface area contributed by atoms with Crippen molar-refractivity contribution in [1.29, 1.82) is 0 Å². The number of benzene rings is 1. The van der Waals surface area contributed by atoms with E-state index in [-0.39, 0.29) is 36.5 Å². The smallest absolute Gasteiger partial charge is 0.234 e. The SMILES string of the molecule is Cc1cc([C@H](C(=O)N2C[C@H](O)C[C@H]2C(=O)C[C@@H](C)c2ccc(-c3cncs3)cc2)C(C)C)on1. The molecule has 1 fully saturated rings. The number of carbonyl (C=O) groups is 2. The molecule has 1 aliphatic heterocycles. The number of thiazole rings is 1. The summed E-state index contributed by atoms with van der Waals surface area (Å²) in [4.78, 5) is 33.6. The van der Waals surface area contributed by atoms with Gasteiger partial charge in [0.1, 0.15) is 11.7 Å². The van der Waals surface area contributed by atoms with Gasteiger partial charge in [0.25, 0.3) is 0 Å². The minimum atomic E-state index is -0.712. The zero-order valence-corrected chi connectivity index (χ0v) is 20.8. The summed E-state index contributed by atoms with van der Waals surface area (Å²) < 4.78 is 5.40. The summed E-state index contributed by atoms with van der Waals surface area (Å²) in [5.41, 5.74) is 4.68. The molecule has 1 saturated heterocycles. The van der Waals surface area contributed by atoms with Crippen molar-refractivity contribution < 1.29 is 19.2 Å². The van der Waals surface area contributed by atoms with Crippen LogP contribution in [0.15, 0.2) is 46.6 Å². The van der Waals surface area contributed by atoms with E-state index in [4.69, 9.17) is 4.52 Å². The van der Waals surface area contributed by atoms with E-state index in [9.17, 15) is 14.7 Å². The number of hydrogen-bond donors (Lipinski definition) is 1. The number of carbonyl (C=O) groups excluding carboxylic acids is 2. The van der Waals surface area contributed by atoms with Crippen LogP contribution in [0, 0.1) is 12.8 Å². The van der Waals surface area contributed by atoms with Crippen LogP contribution in [-0.2, 0) is 9.59 Å². The van der Waals surface area contributed by atoms with Gasteiger partial charge < -0.3 is 14.5 Å². The lowest BCUT2D eigenvalue weighted by molar-refractivity contribution is -0.140. The maximum absolute atomic E-state index is 13.5. The highest BCUT2D eigenvalue weighted by molar-refractivity contribution is 7.13. The molecule has 0 unspecified atom stereocenters. The molecule has 1 N–H and O–H groups in total. The summed E-state index contributed by atoms with van der Waals surface area (Å²) in [5.74, 6) is -0.305. The van der Waals surface area contributed by atoms with Crippen LogP contribution in [0.4, 0.5) is 0 Å². The first-order valence-electron chi connectivity index (χ1n) is 11.7. The van der Waals surface area contributed by atoms with Gasteiger partial charge in [-0.15, -0.1) is 11.3 Å². The van der Waals surface area contributed by atoms with E-state index in [2.05, 4.69) is 10.1 Å². The fourth-order valence-corrected chi connectivity index (χ4v) is 5.33. The second kappa shape index (κ2) is 10.2. The van der Waals surface area contributed by atoms with Crippen molar-refractivity contribution >= 4 is 23.0 Å². The number of ketones is 1. The molecule has 0 aliphatic carbocycles. The van der Waals surface area contributed by atoms with Crippen LogP contribution in [-0.4, -0.2) is 50.5 Å². The second-order valence-electron chi connectivity index (χ2n) is 9.55. The van der Waals surface area contributed by atoms with Gasteiger partial charge in [-0.05, 0) is 29.9 Å². The first kappa shape index (κ1) is 24.3. The van der Waals surface area contributed by atoms with Crippen LogP contribution in [0.3, 0.4) is 0 Å². The number of Topliss-reactive ketones (excluding diaryl/α,β-unsaturated/α-hetero) is 1. The average molecular weight is 482 g/mol. The van der Waals surface area contributed by atoms with Crippen LogP contribution < -0.4 is 0 Å². The molecule has 1 aliphatic rings. The number of amides is 1. The number of aliphatic hydroxyl groups is 1. The number of likely N-dealkylation sites (tertiary alicyclic amines) is 1. The van der Waals surface area contributed by atoms with Gasteiger partial charge in [0.05, 0.1) is 28.2 Å². The summed E-state index contributed by atoms with van der Waals surface area (Å²) in [6.07, 6.45) is 1.70. The van der Waals surface area contributed by atoms with Gasteiger partial charge in [-0.1, -0.05) is 50.2 Å². The molecule has 3 heterocycles. The second-order valence-corrected chi connectivity index (χ2v) is 10.4. The standard InChI is InChI=1S/C26H31N3O4S/c1-15(2)25(23-10-17(4)28-33-23)26(32)29-13-20(30)11-21(29)22(31)9-16(3)18-5-7-19(8-6-18)24-12-27-14-34-24/h5-8,10,12,14-16,20-21,25,30H,9,11,13H2,1-4H3/t16-,20-,21+,25-/m1/s1. The fraction of sp³-hybridized carbons (Fsp3) is 0.462. The normalized spacial score (nSPS) is 20.0. The molecule has 0 saturated carbocycles. The lowest BCUT2D eigenvalue weighted by Gasteiger charge is -2.29. The molecular formula is C26H31N3O4S. The fourth-order valence-electron chi connectivity index (χ4n) is 4.70. The van der Waals surface area contributed by atoms with Gasteiger partial charge in [0.15, 0.2) is 5.78 Å². The molecule has 180 valence electrons. The number of aromatic nitrogens is 2. The molecule has 4 atom stereocenters. The third kappa shape index (κ3) is 5.13. The van der Waals surface area contributed by atoms with Crippen LogP contribution in [0.1, 0.15) is 62.5 Å². The first-order chi connectivity index (χ1) is 16.2. The average Bonchev–Trinajstić information content (AvgIpc) is 3.55. The maximum atomic E-state index is 13.5. The van der Waals surface area contributed by atoms with Crippen LogP contribution in [0.25, 0.3) is 10.4 Å². The molecule has 8 heteroatoms. The van der Waals surface area contributed by atoms with E-state index in [1.165, 1.54) is 0 Å². The van der Waals surface area contributed by atoms with Crippen molar-refractivity contribution in [2.75, 3.05) is 6.54 Å². The van der Waals surface area contributed by atoms with E-state index < -0.39 is 18.1 Å². The molecular weight excluding hydrogens is 450 g/mol. The quantitative estimate of drug-likeness (QED) is 0.506. The Hall–Kier alpha value is -2.84. The van der Waals surface area contributed by atoms with Gasteiger partial charge in [-0.2, -0.15) is 0 Å². The Morgan fingerprint density at radius 1 is 1.24 bits per heavy atom. The third-order valence-electron chi connectivity index (χ3n) is 6.52. The zero-order chi connectivity index (χ0) is 24.4. The third-order valence-corrected chi connectivity index (χ3v) is 7.35. The van der Waals surface area contributed by atoms with Crippen molar-refractivity contribution in [1.82, 2.24) is 15.0 Å². The Labute approximate surface area is 203 Å². The van der Waals surface area contributed by atoms with Gasteiger partial charge in [-0.25, -0.2) is 0 Å². The Morgan fingerprint density at radius 3 is 2.56 bits per heavy atom. The Kier molecular flexibility index (Phi) is 7.28. The van der Waals surface area contributed by atoms with Crippen molar-refractivity contribution in [2.24, 2.45) is 5.92 Å². The molecule has 1 amide bonds. The topological polar surface area (TPSA) is 96.5 Å². The van der Waals surface area contributed by atoms with Crippen molar-refractivity contribution in [3.05, 3.63) is 59.1 Å². The van der Waals surface area contributed by atoms with Gasteiger partial charge >= 0.3 is 0 Å². The highest BCUT2D eigenvalue weighted by Gasteiger charge is 2.43. The van der Waals surface area contributed by atoms with Gasteiger partial charge in [0.2, 0.25) is 5.91 Å². The monoisotopic (exact) mass is 481 g/mol. The van der Waals surface area contributed by atoms with E-state index in [0.29, 0.717) is 17.9 Å². The van der Waals surface area contributed by atoms with E-state index >= 15 is 0 Å². The van der Waals surface area contributed by atoms with Crippen LogP contribution in [0.2, 0.25) is 0 Å². The summed E-state index contributed by atoms with van der Waals surface area (Å²) in [5, 5.41) is 14.3. The Balaban J connectivity index is 1.47. The zero-order valence-electron chi connectivity index (χ0n) is 20.0. The summed E-state index contributed by atoms with van der Waals surface area (Å²) in [7, 11) is 0. The van der Waals surface area contributed by atoms with Crippen molar-refractivity contribution in [2.45, 2.75) is 64.5 Å². The van der Waals surface area contributed by atoms with E-state index in [1.807, 2.05) is 58.2 Å². The molecule has 0 bridgehead atoms. The first-order valence-corrected chi connectivity index (χ1v) is 12.6. The predicted octanol–water partition coefficient (Wildman–Crippen LogP) is 4.57. The lowest BCUT2D eigenvalue weighted by Crippen LogP contribution is -2.44. The van der Waals surface area contributed by atoms with Gasteiger partial charge in [0, 0.05) is 31.6 Å². The molecule has 0 radical (unpaired) electrons. The van der Waals surface area contributed by atoms with Gasteiger partial charge in [-0.3, -0.25) is 14.6 Å². The number of rotatable bonds is 8. The summed E-state index contributed by atoms with van der Waals surface area (Å²) >= 11 is 1.59. The lowest BCUT2D eigenvalue weighted by atomic mass is 9.89. The summed E-state index contributed by atoms with van der Waals surface area (Å²) in [6, 6.07) is 9.31. The van der Waals surface area contributed by atoms with Crippen LogP contribution in [0.5, 0.6) is 0 Å². The molecule has 1 aromatic carbocycles. The minimum absolute atomic E-state index is 0.00414. The van der Waals surface area contributed by atoms with E-state index in [0.717, 1.165) is 16.0 Å². The van der Waals surface area contributed by atoms with Crippen LogP contribution >= 0.6 is 11.3 Å². The largest absolute Gasteiger partial charge is 0.391 e. The molecule has 34 heavy (non-hydrogen) atoms. The van der Waals surface area contributed by atoms with Crippen molar-refractivity contribution in [3.8, 4) is 10.4 Å². The number of β-amino-alcohol motifs (C(OH)–C–C–N with tert-alkyl or cyclic N) is 1. The highest BCUT2D eigenvalue weighted by Crippen LogP contribution is 2.33. The Morgan fingerprint density at radius 2 is 1.97 bits per heavy atom. The molecule has 2 aromatic heterocycles. The maximum Gasteiger partial charge on any atom is 0.234 e. The minimum Gasteiger partial charge on any atom is -0.391 e. The van der Waals surface area contributed by atoms with E-state index in [1.54, 1.807) is 27.8 Å². The summed E-state index contributed by atoms with van der Waals surface area (Å²) in [6.45, 7) is 7.88.